The number of ketones is 1. The van der Waals surface area contributed by atoms with Crippen LogP contribution in [0.4, 0.5) is 0 Å². The number of Topliss-reactive ketones (excluding diaryl/α,β-unsaturated/α-hetero) is 1. The Balaban J connectivity index is 2.74. The van der Waals surface area contributed by atoms with Crippen LogP contribution in [0.3, 0.4) is 0 Å². The van der Waals surface area contributed by atoms with Crippen molar-refractivity contribution in [1.82, 2.24) is 10.2 Å². The number of carbonyl (C=O) groups excluding carboxylic acids is 3. The Labute approximate surface area is 141 Å². The van der Waals surface area contributed by atoms with E-state index in [0.29, 0.717) is 4.90 Å². The number of nitrogens with zero attached hydrogens (tertiary/aromatic N) is 3. The molecule has 13 nitrogen and oxygen atoms in total. The molecule has 0 aromatic carbocycles. The average molecular weight is 380 g/mol. The predicted octanol–water partition coefficient (Wildman–Crippen LogP) is -2.41. The Morgan fingerprint density at radius 3 is 2.00 bits per heavy atom. The Hall–Kier alpha value is -2.64. The fourth-order valence-corrected chi connectivity index (χ4v) is 3.64. The van der Waals surface area contributed by atoms with Crippen molar-refractivity contribution in [2.45, 2.75) is 25.6 Å². The van der Waals surface area contributed by atoms with Crippen molar-refractivity contribution in [3.63, 3.8) is 0 Å². The van der Waals surface area contributed by atoms with Crippen LogP contribution in [0.5, 0.6) is 0 Å². The number of amides is 2. The minimum Gasteiger partial charge on any atom is -0.346 e. The molecule has 1 saturated heterocycles. The molecule has 14 heteroatoms. The lowest BCUT2D eigenvalue weighted by Gasteiger charge is -2.35. The summed E-state index contributed by atoms with van der Waals surface area (Å²) in [4.78, 5) is 54.1. The molecule has 1 heterocycles. The largest absolute Gasteiger partial charge is 0.492 e. The second kappa shape index (κ2) is 7.08. The van der Waals surface area contributed by atoms with Gasteiger partial charge in [0.25, 0.3) is 0 Å². The van der Waals surface area contributed by atoms with Crippen molar-refractivity contribution in [2.24, 2.45) is 0 Å². The second-order valence-electron chi connectivity index (χ2n) is 5.66. The van der Waals surface area contributed by atoms with E-state index in [9.17, 15) is 43.0 Å². The van der Waals surface area contributed by atoms with Gasteiger partial charge in [-0.3, -0.25) is 34.6 Å². The molecule has 0 spiro atoms. The quantitative estimate of drug-likeness (QED) is 0.272. The number of nitro groups is 2. The van der Waals surface area contributed by atoms with Gasteiger partial charge in [0, 0.05) is 6.92 Å². The Bertz CT molecular complexity index is 710. The number of likely N-dealkylation sites (tertiary alicyclic amines) is 1. The Morgan fingerprint density at radius 2 is 1.64 bits per heavy atom. The molecule has 0 unspecified atom stereocenters. The molecular formula is C11H16N4O9S. The summed E-state index contributed by atoms with van der Waals surface area (Å²) in [6.45, 7) is 0.463. The van der Waals surface area contributed by atoms with E-state index in [-0.39, 0.29) is 0 Å². The standard InChI is InChI=1S/C11H16N4O9S/c1-7(16)9(12-8(2)17)3-25(23,24)4-10(18)13-5-11(6-13,14(19)20)15(21)22/h9H,3-6H2,1-2H3,(H,12,17)/t9-/m0/s1. The van der Waals surface area contributed by atoms with Gasteiger partial charge in [0.2, 0.25) is 11.8 Å². The van der Waals surface area contributed by atoms with Crippen LogP contribution in [0.2, 0.25) is 0 Å². The fraction of sp³-hybridized carbons (Fsp3) is 0.727. The van der Waals surface area contributed by atoms with E-state index in [0.717, 1.165) is 13.8 Å². The van der Waals surface area contributed by atoms with Gasteiger partial charge in [0.05, 0.1) is 5.75 Å². The molecule has 0 bridgehead atoms. The molecule has 1 atom stereocenters. The zero-order chi connectivity index (χ0) is 19.6. The maximum absolute atomic E-state index is 12.0. The summed E-state index contributed by atoms with van der Waals surface area (Å²) >= 11 is 0. The van der Waals surface area contributed by atoms with E-state index in [1.165, 1.54) is 0 Å². The van der Waals surface area contributed by atoms with Crippen LogP contribution in [0.15, 0.2) is 0 Å². The van der Waals surface area contributed by atoms with Crippen molar-refractivity contribution < 1.29 is 32.6 Å². The summed E-state index contributed by atoms with van der Waals surface area (Å²) in [5, 5.41) is 23.6. The first-order valence-electron chi connectivity index (χ1n) is 6.85. The van der Waals surface area contributed by atoms with E-state index >= 15 is 0 Å². The summed E-state index contributed by atoms with van der Waals surface area (Å²) in [6.07, 6.45) is 0. The first kappa shape index (κ1) is 20.4. The summed E-state index contributed by atoms with van der Waals surface area (Å²) in [7, 11) is -4.14. The molecule has 1 fully saturated rings. The van der Waals surface area contributed by atoms with Gasteiger partial charge in [0.15, 0.2) is 28.7 Å². The third-order valence-corrected chi connectivity index (χ3v) is 5.08. The summed E-state index contributed by atoms with van der Waals surface area (Å²) in [5.74, 6) is -4.22. The average Bonchev–Trinajstić information content (AvgIpc) is 2.33. The third kappa shape index (κ3) is 4.68. The minimum absolute atomic E-state index is 0.629. The van der Waals surface area contributed by atoms with E-state index < -0.39 is 73.6 Å². The zero-order valence-corrected chi connectivity index (χ0v) is 14.1. The van der Waals surface area contributed by atoms with Crippen LogP contribution in [0.1, 0.15) is 13.8 Å². The number of carbonyl (C=O) groups is 3. The summed E-state index contributed by atoms with van der Waals surface area (Å²) in [5.41, 5.74) is -2.53. The SMILES string of the molecule is CC(=O)N[C@@H](CS(=O)(=O)CC(=O)N1CC([N+](=O)[O-])([N+](=O)[O-])C1)C(C)=O. The van der Waals surface area contributed by atoms with Gasteiger partial charge in [-0.1, -0.05) is 0 Å². The van der Waals surface area contributed by atoms with E-state index in [2.05, 4.69) is 5.32 Å². The highest BCUT2D eigenvalue weighted by molar-refractivity contribution is 7.92. The number of hydrogen-bond acceptors (Lipinski definition) is 9. The van der Waals surface area contributed by atoms with Crippen LogP contribution in [-0.4, -0.2) is 77.1 Å². The van der Waals surface area contributed by atoms with Gasteiger partial charge in [0.1, 0.15) is 21.6 Å². The molecule has 1 N–H and O–H groups in total. The van der Waals surface area contributed by atoms with Gasteiger partial charge < -0.3 is 10.2 Å². The molecule has 0 saturated carbocycles. The van der Waals surface area contributed by atoms with E-state index in [4.69, 9.17) is 0 Å². The predicted molar refractivity (Wildman–Crippen MR) is 80.2 cm³/mol. The summed E-state index contributed by atoms with van der Waals surface area (Å²) in [6, 6.07) is -1.33. The van der Waals surface area contributed by atoms with Crippen molar-refractivity contribution >= 4 is 27.4 Å². The molecule has 25 heavy (non-hydrogen) atoms. The molecule has 1 rings (SSSR count). The van der Waals surface area contributed by atoms with Gasteiger partial charge in [-0.15, -0.1) is 0 Å². The van der Waals surface area contributed by atoms with Crippen molar-refractivity contribution in [2.75, 3.05) is 24.6 Å². The zero-order valence-electron chi connectivity index (χ0n) is 13.3. The maximum atomic E-state index is 12.0. The minimum atomic E-state index is -4.14. The van der Waals surface area contributed by atoms with Gasteiger partial charge in [-0.2, -0.15) is 0 Å². The highest BCUT2D eigenvalue weighted by Gasteiger charge is 2.67. The van der Waals surface area contributed by atoms with E-state index in [1.54, 1.807) is 0 Å². The molecular weight excluding hydrogens is 364 g/mol. The lowest BCUT2D eigenvalue weighted by atomic mass is 10.0. The Kier molecular flexibility index (Phi) is 5.78. The molecule has 1 aliphatic heterocycles. The number of rotatable bonds is 8. The number of sulfone groups is 1. The lowest BCUT2D eigenvalue weighted by Crippen LogP contribution is -2.71. The number of nitrogens with one attached hydrogen (secondary N) is 1. The summed E-state index contributed by atoms with van der Waals surface area (Å²) < 4.78 is 24.0. The highest BCUT2D eigenvalue weighted by Crippen LogP contribution is 2.25. The first-order valence-corrected chi connectivity index (χ1v) is 8.67. The molecule has 0 radical (unpaired) electrons. The van der Waals surface area contributed by atoms with Crippen LogP contribution >= 0.6 is 0 Å². The first-order chi connectivity index (χ1) is 11.3. The number of hydrogen-bond donors (Lipinski definition) is 1. The molecule has 0 aliphatic carbocycles. The van der Waals surface area contributed by atoms with Crippen molar-refractivity contribution in [3.05, 3.63) is 20.2 Å². The lowest BCUT2D eigenvalue weighted by molar-refractivity contribution is -0.809. The second-order valence-corrected chi connectivity index (χ2v) is 7.77. The molecule has 1 aliphatic rings. The van der Waals surface area contributed by atoms with Crippen LogP contribution < -0.4 is 5.32 Å². The van der Waals surface area contributed by atoms with Crippen molar-refractivity contribution in [1.29, 1.82) is 0 Å². The fourth-order valence-electron chi connectivity index (χ4n) is 2.14. The van der Waals surface area contributed by atoms with Gasteiger partial charge in [-0.25, -0.2) is 8.42 Å². The normalized spacial score (nSPS) is 17.1. The molecule has 2 amide bonds. The monoisotopic (exact) mass is 380 g/mol. The van der Waals surface area contributed by atoms with Gasteiger partial charge in [-0.05, 0) is 6.92 Å². The molecule has 0 aromatic rings. The van der Waals surface area contributed by atoms with Crippen LogP contribution in [0, 0.1) is 20.2 Å². The van der Waals surface area contributed by atoms with Crippen molar-refractivity contribution in [3.8, 4) is 0 Å². The smallest absolute Gasteiger partial charge is 0.346 e. The third-order valence-electron chi connectivity index (χ3n) is 3.55. The topological polar surface area (TPSA) is 187 Å². The van der Waals surface area contributed by atoms with Gasteiger partial charge >= 0.3 is 5.66 Å². The molecule has 140 valence electrons. The highest BCUT2D eigenvalue weighted by atomic mass is 32.2. The van der Waals surface area contributed by atoms with E-state index in [1.807, 2.05) is 0 Å². The van der Waals surface area contributed by atoms with Crippen LogP contribution in [0.25, 0.3) is 0 Å². The van der Waals surface area contributed by atoms with Crippen LogP contribution in [-0.2, 0) is 24.2 Å². The maximum Gasteiger partial charge on any atom is 0.492 e. The Morgan fingerprint density at radius 1 is 1.16 bits per heavy atom. The molecule has 0 aromatic heterocycles.